The summed E-state index contributed by atoms with van der Waals surface area (Å²) in [5.41, 5.74) is 1.72. The lowest BCUT2D eigenvalue weighted by atomic mass is 10.1. The molecule has 2 amide bonds. The van der Waals surface area contributed by atoms with Crippen LogP contribution < -0.4 is 15.0 Å². The van der Waals surface area contributed by atoms with E-state index in [-0.39, 0.29) is 17.8 Å². The Kier molecular flexibility index (Phi) is 6.45. The lowest BCUT2D eigenvalue weighted by Gasteiger charge is -2.21. The lowest BCUT2D eigenvalue weighted by molar-refractivity contribution is -0.119. The van der Waals surface area contributed by atoms with Crippen LogP contribution in [0.25, 0.3) is 0 Å². The maximum absolute atomic E-state index is 13.1. The van der Waals surface area contributed by atoms with E-state index in [9.17, 15) is 9.59 Å². The zero-order chi connectivity index (χ0) is 23.5. The first-order valence-electron chi connectivity index (χ1n) is 11.0. The number of nitrogens with one attached hydrogen (secondary N) is 2. The van der Waals surface area contributed by atoms with Crippen molar-refractivity contribution in [1.82, 2.24) is 25.5 Å². The molecule has 34 heavy (non-hydrogen) atoms. The van der Waals surface area contributed by atoms with Gasteiger partial charge < -0.3 is 19.7 Å². The Bertz CT molecular complexity index is 1180. The molecular weight excluding hydrogens is 456 g/mol. The van der Waals surface area contributed by atoms with Crippen molar-refractivity contribution in [2.45, 2.75) is 29.9 Å². The molecule has 0 bridgehead atoms. The molecule has 1 aromatic carbocycles. The Morgan fingerprint density at radius 3 is 3.00 bits per heavy atom. The number of likely N-dealkylation sites (N-methyl/N-ethyl adjacent to an activating group) is 1. The van der Waals surface area contributed by atoms with Crippen molar-refractivity contribution >= 4 is 29.3 Å². The van der Waals surface area contributed by atoms with Gasteiger partial charge in [-0.2, -0.15) is 0 Å². The number of carbonyl (C=O) groups is 2. The predicted octanol–water partition coefficient (Wildman–Crippen LogP) is 1.83. The van der Waals surface area contributed by atoms with E-state index in [0.717, 1.165) is 16.9 Å². The number of fused-ring (bicyclic) bond motifs is 1. The molecule has 1 saturated heterocycles. The molecule has 0 saturated carbocycles. The number of aromatic amines is 1. The number of ether oxygens (including phenoxy) is 2. The molecule has 3 aromatic rings. The van der Waals surface area contributed by atoms with Crippen LogP contribution in [0.3, 0.4) is 0 Å². The van der Waals surface area contributed by atoms with Crippen LogP contribution >= 0.6 is 11.8 Å². The SMILES string of the molecule is CN1C(=O)[C@@H](NC(=O)c2n[nH]c(Cc3ccccc3)n2)CSc2cc(O[C@H]3CCOC3)ncc21. The highest BCUT2D eigenvalue weighted by atomic mass is 32.2. The summed E-state index contributed by atoms with van der Waals surface area (Å²) in [5, 5.41) is 9.61. The van der Waals surface area contributed by atoms with Gasteiger partial charge in [0.25, 0.3) is 5.91 Å². The molecule has 2 aromatic heterocycles. The van der Waals surface area contributed by atoms with Crippen molar-refractivity contribution in [3.8, 4) is 5.88 Å². The van der Waals surface area contributed by atoms with Gasteiger partial charge in [0, 0.05) is 36.6 Å². The maximum Gasteiger partial charge on any atom is 0.291 e. The van der Waals surface area contributed by atoms with E-state index in [1.807, 2.05) is 36.4 Å². The van der Waals surface area contributed by atoms with Crippen molar-refractivity contribution < 1.29 is 19.1 Å². The number of aromatic nitrogens is 4. The topological polar surface area (TPSA) is 122 Å². The van der Waals surface area contributed by atoms with E-state index < -0.39 is 11.9 Å². The molecular formula is C23H24N6O4S. The van der Waals surface area contributed by atoms with Gasteiger partial charge in [-0.15, -0.1) is 16.9 Å². The summed E-state index contributed by atoms with van der Waals surface area (Å²) < 4.78 is 11.2. The van der Waals surface area contributed by atoms with Crippen LogP contribution in [0.4, 0.5) is 5.69 Å². The van der Waals surface area contributed by atoms with Crippen molar-refractivity contribution in [3.63, 3.8) is 0 Å². The predicted molar refractivity (Wildman–Crippen MR) is 125 cm³/mol. The van der Waals surface area contributed by atoms with Gasteiger partial charge in [-0.1, -0.05) is 30.3 Å². The third kappa shape index (κ3) is 4.90. The normalized spacial score (nSPS) is 20.0. The molecule has 2 aliphatic heterocycles. The minimum absolute atomic E-state index is 0.00396. The highest BCUT2D eigenvalue weighted by Crippen LogP contribution is 2.35. The molecule has 176 valence electrons. The molecule has 10 nitrogen and oxygen atoms in total. The second-order valence-corrected chi connectivity index (χ2v) is 9.16. The first-order valence-corrected chi connectivity index (χ1v) is 12.0. The maximum atomic E-state index is 13.1. The minimum atomic E-state index is -0.737. The van der Waals surface area contributed by atoms with E-state index in [4.69, 9.17) is 9.47 Å². The number of H-pyrrole nitrogens is 1. The van der Waals surface area contributed by atoms with Gasteiger partial charge >= 0.3 is 0 Å². The second kappa shape index (κ2) is 9.82. The van der Waals surface area contributed by atoms with Gasteiger partial charge in [-0.3, -0.25) is 14.7 Å². The number of rotatable bonds is 6. The average Bonchev–Trinajstić information content (AvgIpc) is 3.52. The Labute approximate surface area is 200 Å². The van der Waals surface area contributed by atoms with Gasteiger partial charge in [0.1, 0.15) is 18.0 Å². The molecule has 0 aliphatic carbocycles. The summed E-state index contributed by atoms with van der Waals surface area (Å²) in [6, 6.07) is 10.9. The van der Waals surface area contributed by atoms with Gasteiger partial charge in [0.15, 0.2) is 0 Å². The number of amides is 2. The molecule has 4 heterocycles. The zero-order valence-electron chi connectivity index (χ0n) is 18.6. The van der Waals surface area contributed by atoms with Gasteiger partial charge in [-0.25, -0.2) is 9.97 Å². The van der Waals surface area contributed by atoms with Crippen LogP contribution in [0.2, 0.25) is 0 Å². The highest BCUT2D eigenvalue weighted by Gasteiger charge is 2.31. The summed E-state index contributed by atoms with van der Waals surface area (Å²) >= 11 is 1.46. The number of hydrogen-bond acceptors (Lipinski definition) is 8. The zero-order valence-corrected chi connectivity index (χ0v) is 19.4. The molecule has 2 N–H and O–H groups in total. The molecule has 5 rings (SSSR count). The third-order valence-corrected chi connectivity index (χ3v) is 6.78. The van der Waals surface area contributed by atoms with Crippen LogP contribution in [0.1, 0.15) is 28.4 Å². The average molecular weight is 481 g/mol. The Balaban J connectivity index is 1.25. The smallest absolute Gasteiger partial charge is 0.291 e. The monoisotopic (exact) mass is 480 g/mol. The molecule has 2 aliphatic rings. The molecule has 0 unspecified atom stereocenters. The largest absolute Gasteiger partial charge is 0.472 e. The summed E-state index contributed by atoms with van der Waals surface area (Å²) in [4.78, 5) is 36.9. The number of benzene rings is 1. The number of hydrogen-bond donors (Lipinski definition) is 2. The van der Waals surface area contributed by atoms with E-state index in [0.29, 0.717) is 42.8 Å². The summed E-state index contributed by atoms with van der Waals surface area (Å²) in [7, 11) is 1.67. The third-order valence-electron chi connectivity index (χ3n) is 5.65. The van der Waals surface area contributed by atoms with Gasteiger partial charge in [0.05, 0.1) is 25.1 Å². The molecule has 11 heteroatoms. The minimum Gasteiger partial charge on any atom is -0.472 e. The Hall–Kier alpha value is -3.44. The van der Waals surface area contributed by atoms with Crippen molar-refractivity contribution in [1.29, 1.82) is 0 Å². The number of pyridine rings is 1. The van der Waals surface area contributed by atoms with E-state index in [1.165, 1.54) is 16.7 Å². The Morgan fingerprint density at radius 1 is 1.35 bits per heavy atom. The fourth-order valence-electron chi connectivity index (χ4n) is 3.81. The van der Waals surface area contributed by atoms with Crippen LogP contribution in [0, 0.1) is 0 Å². The first kappa shape index (κ1) is 22.4. The van der Waals surface area contributed by atoms with E-state index in [1.54, 1.807) is 13.2 Å². The standard InChI is InChI=1S/C23H24N6O4S/c1-29-17-11-24-20(33-15-7-8-32-12-15)10-18(17)34-13-16(23(29)31)25-22(30)21-26-19(27-28-21)9-14-5-3-2-4-6-14/h2-6,10-11,15-16H,7-9,12-13H2,1H3,(H,25,30)(H,26,27,28)/t15-,16-/m0/s1. The van der Waals surface area contributed by atoms with Crippen molar-refractivity contribution in [2.75, 3.05) is 30.9 Å². The van der Waals surface area contributed by atoms with E-state index >= 15 is 0 Å². The fraction of sp³-hybridized carbons (Fsp3) is 0.348. The number of thioether (sulfide) groups is 1. The summed E-state index contributed by atoms with van der Waals surface area (Å²) in [6.45, 7) is 1.23. The molecule has 2 atom stereocenters. The van der Waals surface area contributed by atoms with Crippen LogP contribution in [0.15, 0.2) is 47.5 Å². The van der Waals surface area contributed by atoms with Crippen LogP contribution in [-0.2, 0) is 16.0 Å². The summed E-state index contributed by atoms with van der Waals surface area (Å²) in [5.74, 6) is 0.699. The quantitative estimate of drug-likeness (QED) is 0.548. The summed E-state index contributed by atoms with van der Waals surface area (Å²) in [6.07, 6.45) is 2.97. The number of anilines is 1. The highest BCUT2D eigenvalue weighted by molar-refractivity contribution is 7.99. The van der Waals surface area contributed by atoms with Gasteiger partial charge in [-0.05, 0) is 5.56 Å². The van der Waals surface area contributed by atoms with Gasteiger partial charge in [0.2, 0.25) is 17.6 Å². The molecule has 0 spiro atoms. The molecule has 1 fully saturated rings. The van der Waals surface area contributed by atoms with Crippen LogP contribution in [-0.4, -0.2) is 70.1 Å². The van der Waals surface area contributed by atoms with Crippen LogP contribution in [0.5, 0.6) is 5.88 Å². The fourth-order valence-corrected chi connectivity index (χ4v) is 4.90. The van der Waals surface area contributed by atoms with Crippen molar-refractivity contribution in [3.05, 3.63) is 59.8 Å². The van der Waals surface area contributed by atoms with E-state index in [2.05, 4.69) is 25.5 Å². The molecule has 0 radical (unpaired) electrons. The number of carbonyl (C=O) groups excluding carboxylic acids is 2. The van der Waals surface area contributed by atoms with Crippen molar-refractivity contribution in [2.24, 2.45) is 0 Å². The number of nitrogens with zero attached hydrogens (tertiary/aromatic N) is 4. The first-order chi connectivity index (χ1) is 16.6. The second-order valence-electron chi connectivity index (χ2n) is 8.10. The Morgan fingerprint density at radius 2 is 2.21 bits per heavy atom. The lowest BCUT2D eigenvalue weighted by Crippen LogP contribution is -2.48.